The summed E-state index contributed by atoms with van der Waals surface area (Å²) >= 11 is 0. The first-order valence-corrected chi connectivity index (χ1v) is 6.52. The molecule has 16 heavy (non-hydrogen) atoms. The fourth-order valence-electron chi connectivity index (χ4n) is 3.21. The molecule has 0 bridgehead atoms. The summed E-state index contributed by atoms with van der Waals surface area (Å²) in [5, 5.41) is 4.25. The van der Waals surface area contributed by atoms with Crippen LogP contribution in [-0.2, 0) is 11.3 Å². The molecule has 2 aliphatic rings. The molecule has 1 saturated heterocycles. The zero-order chi connectivity index (χ0) is 10.8. The first-order valence-electron chi connectivity index (χ1n) is 6.52. The lowest BCUT2D eigenvalue weighted by molar-refractivity contribution is -0.0688. The molecule has 1 aliphatic heterocycles. The molecular formula is C13H20N2O. The molecule has 0 aromatic carbocycles. The molecule has 1 atom stereocenters. The van der Waals surface area contributed by atoms with E-state index in [4.69, 9.17) is 4.74 Å². The Morgan fingerprint density at radius 1 is 1.25 bits per heavy atom. The van der Waals surface area contributed by atoms with Crippen LogP contribution in [0.25, 0.3) is 0 Å². The van der Waals surface area contributed by atoms with Gasteiger partial charge in [0.15, 0.2) is 0 Å². The average molecular weight is 220 g/mol. The molecule has 1 aromatic heterocycles. The van der Waals surface area contributed by atoms with Crippen LogP contribution in [0.2, 0.25) is 0 Å². The Hall–Kier alpha value is -0.830. The lowest BCUT2D eigenvalue weighted by atomic mass is 9.83. The standard InChI is InChI=1S/C13H20N2O/c1-2-6-13(7-3-1)8-5-12(16-13)11-15-10-4-9-14-15/h4,9-10,12H,1-3,5-8,11H2. The summed E-state index contributed by atoms with van der Waals surface area (Å²) < 4.78 is 8.29. The minimum atomic E-state index is 0.246. The van der Waals surface area contributed by atoms with Crippen molar-refractivity contribution < 1.29 is 4.74 Å². The van der Waals surface area contributed by atoms with Crippen molar-refractivity contribution in [3.05, 3.63) is 18.5 Å². The van der Waals surface area contributed by atoms with Crippen LogP contribution in [0.1, 0.15) is 44.9 Å². The molecule has 3 rings (SSSR count). The predicted molar refractivity (Wildman–Crippen MR) is 62.2 cm³/mol. The van der Waals surface area contributed by atoms with Crippen LogP contribution in [0.5, 0.6) is 0 Å². The van der Waals surface area contributed by atoms with Crippen LogP contribution in [0.3, 0.4) is 0 Å². The third-order valence-electron chi connectivity index (χ3n) is 4.05. The monoisotopic (exact) mass is 220 g/mol. The van der Waals surface area contributed by atoms with E-state index in [0.29, 0.717) is 6.10 Å². The van der Waals surface area contributed by atoms with E-state index in [1.807, 2.05) is 23.1 Å². The van der Waals surface area contributed by atoms with Gasteiger partial charge in [-0.1, -0.05) is 19.3 Å². The molecule has 1 aromatic rings. The van der Waals surface area contributed by atoms with E-state index in [9.17, 15) is 0 Å². The third kappa shape index (κ3) is 2.01. The highest BCUT2D eigenvalue weighted by Crippen LogP contribution is 2.42. The molecule has 2 heterocycles. The van der Waals surface area contributed by atoms with Gasteiger partial charge < -0.3 is 4.74 Å². The van der Waals surface area contributed by atoms with Gasteiger partial charge in [0.1, 0.15) is 0 Å². The number of hydrogen-bond acceptors (Lipinski definition) is 2. The second-order valence-corrected chi connectivity index (χ2v) is 5.25. The van der Waals surface area contributed by atoms with Gasteiger partial charge in [0.2, 0.25) is 0 Å². The maximum atomic E-state index is 6.30. The minimum Gasteiger partial charge on any atom is -0.370 e. The summed E-state index contributed by atoms with van der Waals surface area (Å²) in [6.07, 6.45) is 13.4. The van der Waals surface area contributed by atoms with Crippen molar-refractivity contribution in [2.45, 2.75) is 63.2 Å². The molecule has 0 N–H and O–H groups in total. The summed E-state index contributed by atoms with van der Waals surface area (Å²) in [7, 11) is 0. The second kappa shape index (κ2) is 4.21. The Labute approximate surface area is 96.8 Å². The van der Waals surface area contributed by atoms with E-state index in [-0.39, 0.29) is 5.60 Å². The highest BCUT2D eigenvalue weighted by Gasteiger charge is 2.40. The van der Waals surface area contributed by atoms with Crippen LogP contribution in [-0.4, -0.2) is 21.5 Å². The summed E-state index contributed by atoms with van der Waals surface area (Å²) in [5.74, 6) is 0. The highest BCUT2D eigenvalue weighted by molar-refractivity contribution is 4.91. The Balaban J connectivity index is 1.60. The SMILES string of the molecule is c1cnn(CC2CCC3(CCCCC3)O2)c1. The van der Waals surface area contributed by atoms with Crippen LogP contribution in [0.15, 0.2) is 18.5 Å². The number of nitrogens with zero attached hydrogens (tertiary/aromatic N) is 2. The van der Waals surface area contributed by atoms with Crippen molar-refractivity contribution in [3.63, 3.8) is 0 Å². The summed E-state index contributed by atoms with van der Waals surface area (Å²) in [4.78, 5) is 0. The molecule has 2 fully saturated rings. The van der Waals surface area contributed by atoms with E-state index in [1.165, 1.54) is 44.9 Å². The molecule has 3 nitrogen and oxygen atoms in total. The molecule has 1 unspecified atom stereocenters. The maximum Gasteiger partial charge on any atom is 0.0779 e. The quantitative estimate of drug-likeness (QED) is 0.766. The first-order chi connectivity index (χ1) is 7.86. The van der Waals surface area contributed by atoms with Crippen molar-refractivity contribution >= 4 is 0 Å². The van der Waals surface area contributed by atoms with E-state index >= 15 is 0 Å². The van der Waals surface area contributed by atoms with Crippen molar-refractivity contribution in [2.24, 2.45) is 0 Å². The van der Waals surface area contributed by atoms with E-state index in [2.05, 4.69) is 5.10 Å². The zero-order valence-corrected chi connectivity index (χ0v) is 9.77. The lowest BCUT2D eigenvalue weighted by Crippen LogP contribution is -2.32. The van der Waals surface area contributed by atoms with Crippen molar-refractivity contribution in [3.8, 4) is 0 Å². The van der Waals surface area contributed by atoms with Crippen LogP contribution in [0, 0.1) is 0 Å². The molecule has 0 amide bonds. The molecule has 1 saturated carbocycles. The third-order valence-corrected chi connectivity index (χ3v) is 4.05. The van der Waals surface area contributed by atoms with Gasteiger partial charge in [-0.2, -0.15) is 5.10 Å². The number of ether oxygens (including phenoxy) is 1. The Morgan fingerprint density at radius 3 is 2.88 bits per heavy atom. The fourth-order valence-corrected chi connectivity index (χ4v) is 3.21. The lowest BCUT2D eigenvalue weighted by Gasteiger charge is -2.33. The van der Waals surface area contributed by atoms with Gasteiger partial charge in [-0.3, -0.25) is 4.68 Å². The Kier molecular flexibility index (Phi) is 2.72. The molecule has 1 spiro atoms. The normalized spacial score (nSPS) is 28.6. The van der Waals surface area contributed by atoms with E-state index < -0.39 is 0 Å². The smallest absolute Gasteiger partial charge is 0.0779 e. The summed E-state index contributed by atoms with van der Waals surface area (Å²) in [6.45, 7) is 0.925. The van der Waals surface area contributed by atoms with Crippen molar-refractivity contribution in [1.29, 1.82) is 0 Å². The Morgan fingerprint density at radius 2 is 2.12 bits per heavy atom. The van der Waals surface area contributed by atoms with E-state index in [0.717, 1.165) is 6.54 Å². The first kappa shape index (κ1) is 10.3. The Bertz CT molecular complexity index is 328. The number of aromatic nitrogens is 2. The van der Waals surface area contributed by atoms with Gasteiger partial charge in [0, 0.05) is 12.4 Å². The molecule has 3 heteroatoms. The number of rotatable bonds is 2. The van der Waals surface area contributed by atoms with Gasteiger partial charge in [0.05, 0.1) is 18.2 Å². The maximum absolute atomic E-state index is 6.30. The average Bonchev–Trinajstić information content (AvgIpc) is 2.92. The van der Waals surface area contributed by atoms with Crippen molar-refractivity contribution in [1.82, 2.24) is 9.78 Å². The fraction of sp³-hybridized carbons (Fsp3) is 0.769. The van der Waals surface area contributed by atoms with Crippen molar-refractivity contribution in [2.75, 3.05) is 0 Å². The zero-order valence-electron chi connectivity index (χ0n) is 9.77. The van der Waals surface area contributed by atoms with Gasteiger partial charge in [0.25, 0.3) is 0 Å². The van der Waals surface area contributed by atoms with E-state index in [1.54, 1.807) is 0 Å². The van der Waals surface area contributed by atoms with Crippen LogP contribution < -0.4 is 0 Å². The number of hydrogen-bond donors (Lipinski definition) is 0. The summed E-state index contributed by atoms with van der Waals surface area (Å²) in [6, 6.07) is 1.98. The van der Waals surface area contributed by atoms with Gasteiger partial charge in [-0.15, -0.1) is 0 Å². The molecule has 88 valence electrons. The van der Waals surface area contributed by atoms with Crippen LogP contribution in [0.4, 0.5) is 0 Å². The minimum absolute atomic E-state index is 0.246. The van der Waals surface area contributed by atoms with Gasteiger partial charge in [-0.05, 0) is 31.7 Å². The highest BCUT2D eigenvalue weighted by atomic mass is 16.5. The topological polar surface area (TPSA) is 27.1 Å². The van der Waals surface area contributed by atoms with Gasteiger partial charge >= 0.3 is 0 Å². The summed E-state index contributed by atoms with van der Waals surface area (Å²) in [5.41, 5.74) is 0.246. The molecule has 1 aliphatic carbocycles. The second-order valence-electron chi connectivity index (χ2n) is 5.25. The van der Waals surface area contributed by atoms with Crippen LogP contribution >= 0.6 is 0 Å². The van der Waals surface area contributed by atoms with Gasteiger partial charge in [-0.25, -0.2) is 0 Å². The molecule has 0 radical (unpaired) electrons. The molecular weight excluding hydrogens is 200 g/mol. The predicted octanol–water partition coefficient (Wildman–Crippen LogP) is 2.77. The largest absolute Gasteiger partial charge is 0.370 e.